The summed E-state index contributed by atoms with van der Waals surface area (Å²) in [7, 11) is 0. The quantitative estimate of drug-likeness (QED) is 0.458. The van der Waals surface area contributed by atoms with Crippen LogP contribution in [0.25, 0.3) is 0 Å². The predicted molar refractivity (Wildman–Crippen MR) is 79.5 cm³/mol. The summed E-state index contributed by atoms with van der Waals surface area (Å²) in [4.78, 5) is 10.1. The van der Waals surface area contributed by atoms with Crippen LogP contribution in [0.4, 0.5) is 5.69 Å². The Morgan fingerprint density at radius 3 is 2.48 bits per heavy atom. The van der Waals surface area contributed by atoms with E-state index in [1.807, 2.05) is 0 Å². The number of aliphatic hydroxyl groups is 1. The van der Waals surface area contributed by atoms with Crippen molar-refractivity contribution in [3.63, 3.8) is 0 Å². The molecular weight excluding hydrogens is 272 g/mol. The maximum atomic E-state index is 10.5. The van der Waals surface area contributed by atoms with E-state index in [2.05, 4.69) is 5.32 Å². The summed E-state index contributed by atoms with van der Waals surface area (Å²) in [6.07, 6.45) is 5.54. The Morgan fingerprint density at radius 2 is 1.90 bits per heavy atom. The molecule has 0 aromatic heterocycles. The molecule has 2 rings (SSSR count). The molecule has 0 aliphatic heterocycles. The first-order chi connectivity index (χ1) is 10.2. The van der Waals surface area contributed by atoms with Gasteiger partial charge >= 0.3 is 0 Å². The first-order valence-corrected chi connectivity index (χ1v) is 7.38. The number of hydrogen-bond donors (Lipinski definition) is 2. The number of nitrogens with zero attached hydrogens (tertiary/aromatic N) is 1. The van der Waals surface area contributed by atoms with Crippen LogP contribution < -0.4 is 10.1 Å². The summed E-state index contributed by atoms with van der Waals surface area (Å²) in [5, 5.41) is 23.5. The maximum Gasteiger partial charge on any atom is 0.269 e. The van der Waals surface area contributed by atoms with Crippen molar-refractivity contribution in [2.45, 2.75) is 37.6 Å². The number of non-ortho nitro benzene ring substituents is 1. The maximum absolute atomic E-state index is 10.5. The van der Waals surface area contributed by atoms with E-state index >= 15 is 0 Å². The molecule has 6 nitrogen and oxygen atoms in total. The van der Waals surface area contributed by atoms with Crippen molar-refractivity contribution < 1.29 is 14.8 Å². The van der Waals surface area contributed by atoms with E-state index < -0.39 is 4.92 Å². The minimum atomic E-state index is -0.431. The lowest BCUT2D eigenvalue weighted by atomic mass is 9.82. The number of ether oxygens (including phenoxy) is 1. The molecule has 1 fully saturated rings. The Labute approximate surface area is 124 Å². The molecule has 0 atom stereocenters. The summed E-state index contributed by atoms with van der Waals surface area (Å²) in [6, 6.07) is 6.05. The molecular formula is C15H22N2O4. The number of aliphatic hydroxyl groups excluding tert-OH is 1. The predicted octanol–water partition coefficient (Wildman–Crippen LogP) is 2.26. The minimum Gasteiger partial charge on any atom is -0.492 e. The fraction of sp³-hybridized carbons (Fsp3) is 0.600. The monoisotopic (exact) mass is 294 g/mol. The van der Waals surface area contributed by atoms with Gasteiger partial charge in [0.1, 0.15) is 12.4 Å². The normalized spacial score (nSPS) is 17.4. The van der Waals surface area contributed by atoms with Crippen LogP contribution >= 0.6 is 0 Å². The Hall–Kier alpha value is -1.66. The molecule has 1 aromatic carbocycles. The number of nitrogens with one attached hydrogen (secondary N) is 1. The van der Waals surface area contributed by atoms with Gasteiger partial charge in [-0.25, -0.2) is 0 Å². The largest absolute Gasteiger partial charge is 0.492 e. The molecule has 2 N–H and O–H groups in total. The molecule has 0 heterocycles. The second-order valence-electron chi connectivity index (χ2n) is 5.53. The van der Waals surface area contributed by atoms with Crippen molar-refractivity contribution in [2.75, 3.05) is 19.8 Å². The zero-order valence-corrected chi connectivity index (χ0v) is 12.1. The average Bonchev–Trinajstić information content (AvgIpc) is 2.53. The third-order valence-corrected chi connectivity index (χ3v) is 4.03. The summed E-state index contributed by atoms with van der Waals surface area (Å²) in [5.74, 6) is 0.615. The molecule has 0 amide bonds. The molecule has 0 spiro atoms. The summed E-state index contributed by atoms with van der Waals surface area (Å²) < 4.78 is 5.55. The zero-order valence-electron chi connectivity index (χ0n) is 12.1. The zero-order chi connectivity index (χ0) is 15.1. The lowest BCUT2D eigenvalue weighted by Gasteiger charge is -2.36. The highest BCUT2D eigenvalue weighted by atomic mass is 16.6. The molecule has 1 aromatic rings. The fourth-order valence-corrected chi connectivity index (χ4v) is 2.77. The SMILES string of the molecule is O=[N+]([O-])c1ccc(OCCNC2(CO)CCCCC2)cc1. The van der Waals surface area contributed by atoms with Gasteiger partial charge in [-0.2, -0.15) is 0 Å². The highest BCUT2D eigenvalue weighted by Crippen LogP contribution is 2.27. The summed E-state index contributed by atoms with van der Waals surface area (Å²) in [5.41, 5.74) is -0.0983. The number of hydrogen-bond acceptors (Lipinski definition) is 5. The average molecular weight is 294 g/mol. The molecule has 0 radical (unpaired) electrons. The van der Waals surface area contributed by atoms with E-state index in [1.54, 1.807) is 12.1 Å². The van der Waals surface area contributed by atoms with Crippen LogP contribution in [0, 0.1) is 10.1 Å². The lowest BCUT2D eigenvalue weighted by molar-refractivity contribution is -0.384. The van der Waals surface area contributed by atoms with Crippen LogP contribution in [-0.2, 0) is 0 Å². The van der Waals surface area contributed by atoms with Crippen molar-refractivity contribution in [3.05, 3.63) is 34.4 Å². The molecule has 0 saturated heterocycles. The Morgan fingerprint density at radius 1 is 1.24 bits per heavy atom. The van der Waals surface area contributed by atoms with Crippen LogP contribution in [-0.4, -0.2) is 35.3 Å². The van der Waals surface area contributed by atoms with Crippen LogP contribution in [0.5, 0.6) is 5.75 Å². The van der Waals surface area contributed by atoms with Gasteiger partial charge in [0, 0.05) is 24.2 Å². The van der Waals surface area contributed by atoms with Crippen LogP contribution in [0.15, 0.2) is 24.3 Å². The Kier molecular flexibility index (Phi) is 5.52. The van der Waals surface area contributed by atoms with Gasteiger partial charge in [0.05, 0.1) is 11.5 Å². The number of nitro groups is 1. The van der Waals surface area contributed by atoms with E-state index in [0.29, 0.717) is 18.9 Å². The van der Waals surface area contributed by atoms with Gasteiger partial charge in [-0.05, 0) is 25.0 Å². The van der Waals surface area contributed by atoms with Crippen molar-refractivity contribution in [1.82, 2.24) is 5.32 Å². The van der Waals surface area contributed by atoms with E-state index in [4.69, 9.17) is 4.74 Å². The second-order valence-corrected chi connectivity index (χ2v) is 5.53. The standard InChI is InChI=1S/C15H22N2O4/c18-12-15(8-2-1-3-9-15)16-10-11-21-14-6-4-13(5-7-14)17(19)20/h4-7,16,18H,1-3,8-12H2. The highest BCUT2D eigenvalue weighted by molar-refractivity contribution is 5.35. The molecule has 0 unspecified atom stereocenters. The van der Waals surface area contributed by atoms with Gasteiger partial charge in [-0.1, -0.05) is 19.3 Å². The third kappa shape index (κ3) is 4.41. The van der Waals surface area contributed by atoms with Crippen molar-refractivity contribution in [1.29, 1.82) is 0 Å². The first kappa shape index (κ1) is 15.7. The van der Waals surface area contributed by atoms with Gasteiger partial charge < -0.3 is 15.2 Å². The van der Waals surface area contributed by atoms with Gasteiger partial charge in [0.25, 0.3) is 5.69 Å². The molecule has 6 heteroatoms. The summed E-state index contributed by atoms with van der Waals surface area (Å²) in [6.45, 7) is 1.28. The molecule has 1 saturated carbocycles. The fourth-order valence-electron chi connectivity index (χ4n) is 2.77. The van der Waals surface area contributed by atoms with Gasteiger partial charge in [0.15, 0.2) is 0 Å². The van der Waals surface area contributed by atoms with E-state index in [9.17, 15) is 15.2 Å². The van der Waals surface area contributed by atoms with E-state index in [-0.39, 0.29) is 17.8 Å². The second kappa shape index (κ2) is 7.38. The van der Waals surface area contributed by atoms with Crippen LogP contribution in [0.1, 0.15) is 32.1 Å². The molecule has 116 valence electrons. The topological polar surface area (TPSA) is 84.6 Å². The van der Waals surface area contributed by atoms with Gasteiger partial charge in [0.2, 0.25) is 0 Å². The molecule has 1 aliphatic rings. The molecule has 0 bridgehead atoms. The van der Waals surface area contributed by atoms with Crippen LogP contribution in [0.3, 0.4) is 0 Å². The Balaban J connectivity index is 1.74. The number of nitro benzene ring substituents is 1. The summed E-state index contributed by atoms with van der Waals surface area (Å²) >= 11 is 0. The van der Waals surface area contributed by atoms with Crippen molar-refractivity contribution in [3.8, 4) is 5.75 Å². The smallest absolute Gasteiger partial charge is 0.269 e. The third-order valence-electron chi connectivity index (χ3n) is 4.03. The molecule has 1 aliphatic carbocycles. The number of benzene rings is 1. The number of rotatable bonds is 7. The van der Waals surface area contributed by atoms with Gasteiger partial charge in [-0.3, -0.25) is 10.1 Å². The highest BCUT2D eigenvalue weighted by Gasteiger charge is 2.30. The first-order valence-electron chi connectivity index (χ1n) is 7.38. The van der Waals surface area contributed by atoms with Gasteiger partial charge in [-0.15, -0.1) is 0 Å². The van der Waals surface area contributed by atoms with E-state index in [1.165, 1.54) is 18.6 Å². The van der Waals surface area contributed by atoms with Crippen LogP contribution in [0.2, 0.25) is 0 Å². The van der Waals surface area contributed by atoms with Crippen molar-refractivity contribution in [2.24, 2.45) is 0 Å². The van der Waals surface area contributed by atoms with Crippen molar-refractivity contribution >= 4 is 5.69 Å². The molecule has 21 heavy (non-hydrogen) atoms. The minimum absolute atomic E-state index is 0.0573. The van der Waals surface area contributed by atoms with E-state index in [0.717, 1.165) is 25.7 Å². The lowest BCUT2D eigenvalue weighted by Crippen LogP contribution is -2.51. The Bertz CT molecular complexity index is 455.